The van der Waals surface area contributed by atoms with Gasteiger partial charge in [0.05, 0.1) is 11.9 Å². The standard InChI is InChI=1S/C15H9BrFN3O2/c16-9-5-11-14(18-7-9)19-12(15(22)20-11)6-13(21)8-1-3-10(17)4-2-8/h1-5,7H,6H2,(H,20,22). The molecule has 3 aromatic rings. The number of carbonyl (C=O) groups is 1. The van der Waals surface area contributed by atoms with Crippen molar-refractivity contribution in [2.75, 3.05) is 0 Å². The molecule has 3 rings (SSSR count). The molecule has 0 fully saturated rings. The molecule has 0 atom stereocenters. The monoisotopic (exact) mass is 361 g/mol. The number of nitrogens with one attached hydrogen (secondary N) is 1. The molecule has 0 amide bonds. The van der Waals surface area contributed by atoms with E-state index in [4.69, 9.17) is 0 Å². The first-order valence-electron chi connectivity index (χ1n) is 6.36. The number of carbonyl (C=O) groups excluding carboxylic acids is 1. The highest BCUT2D eigenvalue weighted by Gasteiger charge is 2.13. The lowest BCUT2D eigenvalue weighted by Gasteiger charge is -2.03. The van der Waals surface area contributed by atoms with Gasteiger partial charge in [0.1, 0.15) is 11.5 Å². The Morgan fingerprint density at radius 1 is 1.27 bits per heavy atom. The zero-order valence-corrected chi connectivity index (χ0v) is 12.7. The number of hydrogen-bond donors (Lipinski definition) is 1. The second-order valence-corrected chi connectivity index (χ2v) is 5.56. The smallest absolute Gasteiger partial charge is 0.270 e. The van der Waals surface area contributed by atoms with E-state index >= 15 is 0 Å². The maximum Gasteiger partial charge on any atom is 0.270 e. The molecule has 0 aliphatic carbocycles. The van der Waals surface area contributed by atoms with Crippen molar-refractivity contribution in [2.24, 2.45) is 0 Å². The molecular weight excluding hydrogens is 353 g/mol. The predicted octanol–water partition coefficient (Wildman–Crippen LogP) is 2.65. The lowest BCUT2D eigenvalue weighted by atomic mass is 10.1. The van der Waals surface area contributed by atoms with E-state index in [1.807, 2.05) is 0 Å². The van der Waals surface area contributed by atoms with Crippen LogP contribution in [-0.4, -0.2) is 20.7 Å². The minimum absolute atomic E-state index is 0.0802. The van der Waals surface area contributed by atoms with Gasteiger partial charge in [-0.1, -0.05) is 0 Å². The summed E-state index contributed by atoms with van der Waals surface area (Å²) in [5.74, 6) is -0.734. The van der Waals surface area contributed by atoms with Crippen molar-refractivity contribution in [2.45, 2.75) is 6.42 Å². The fourth-order valence-electron chi connectivity index (χ4n) is 2.00. The largest absolute Gasteiger partial charge is 0.318 e. The minimum atomic E-state index is -0.442. The molecule has 0 aliphatic heterocycles. The first-order valence-corrected chi connectivity index (χ1v) is 7.15. The molecule has 0 aliphatic rings. The van der Waals surface area contributed by atoms with Gasteiger partial charge in [0.15, 0.2) is 11.4 Å². The normalized spacial score (nSPS) is 10.8. The highest BCUT2D eigenvalue weighted by molar-refractivity contribution is 9.10. The van der Waals surface area contributed by atoms with Crippen LogP contribution in [-0.2, 0) is 6.42 Å². The molecular formula is C15H9BrFN3O2. The molecule has 110 valence electrons. The van der Waals surface area contributed by atoms with E-state index in [-0.39, 0.29) is 17.9 Å². The first kappa shape index (κ1) is 14.5. The molecule has 1 aromatic carbocycles. The van der Waals surface area contributed by atoms with Crippen molar-refractivity contribution in [3.8, 4) is 0 Å². The third-order valence-corrected chi connectivity index (χ3v) is 3.51. The summed E-state index contributed by atoms with van der Waals surface area (Å²) >= 11 is 3.26. The van der Waals surface area contributed by atoms with Crippen molar-refractivity contribution in [1.29, 1.82) is 0 Å². The SMILES string of the molecule is O=C(Cc1nc2ncc(Br)cc2[nH]c1=O)c1ccc(F)cc1. The third kappa shape index (κ3) is 2.94. The highest BCUT2D eigenvalue weighted by atomic mass is 79.9. The molecule has 0 unspecified atom stereocenters. The fourth-order valence-corrected chi connectivity index (χ4v) is 2.33. The van der Waals surface area contributed by atoms with Crippen LogP contribution in [0.15, 0.2) is 45.8 Å². The Labute approximate surface area is 132 Å². The van der Waals surface area contributed by atoms with Crippen molar-refractivity contribution in [1.82, 2.24) is 15.0 Å². The second kappa shape index (κ2) is 5.76. The van der Waals surface area contributed by atoms with Gasteiger partial charge in [-0.05, 0) is 46.3 Å². The summed E-state index contributed by atoms with van der Waals surface area (Å²) in [7, 11) is 0. The topological polar surface area (TPSA) is 75.7 Å². The van der Waals surface area contributed by atoms with E-state index < -0.39 is 11.4 Å². The molecule has 0 radical (unpaired) electrons. The van der Waals surface area contributed by atoms with Crippen molar-refractivity contribution < 1.29 is 9.18 Å². The van der Waals surface area contributed by atoms with Gasteiger partial charge in [0.2, 0.25) is 0 Å². The van der Waals surface area contributed by atoms with Crippen LogP contribution in [0.1, 0.15) is 16.1 Å². The average molecular weight is 362 g/mol. The number of aromatic nitrogens is 3. The van der Waals surface area contributed by atoms with E-state index in [1.54, 1.807) is 12.3 Å². The van der Waals surface area contributed by atoms with Crippen LogP contribution in [0, 0.1) is 5.82 Å². The van der Waals surface area contributed by atoms with Crippen LogP contribution in [0.5, 0.6) is 0 Å². The van der Waals surface area contributed by atoms with Crippen LogP contribution in [0.2, 0.25) is 0 Å². The number of nitrogens with zero attached hydrogens (tertiary/aromatic N) is 2. The Morgan fingerprint density at radius 3 is 2.73 bits per heavy atom. The van der Waals surface area contributed by atoms with Gasteiger partial charge in [0.25, 0.3) is 5.56 Å². The number of halogens is 2. The van der Waals surface area contributed by atoms with Crippen molar-refractivity contribution in [3.05, 3.63) is 68.4 Å². The number of aromatic amines is 1. The van der Waals surface area contributed by atoms with Crippen LogP contribution in [0.25, 0.3) is 11.2 Å². The summed E-state index contributed by atoms with van der Waals surface area (Å²) in [6.45, 7) is 0. The van der Waals surface area contributed by atoms with Crippen LogP contribution < -0.4 is 5.56 Å². The van der Waals surface area contributed by atoms with Gasteiger partial charge in [-0.25, -0.2) is 14.4 Å². The van der Waals surface area contributed by atoms with Gasteiger partial charge >= 0.3 is 0 Å². The summed E-state index contributed by atoms with van der Waals surface area (Å²) in [5.41, 5.74) is 0.799. The van der Waals surface area contributed by atoms with Crippen LogP contribution >= 0.6 is 15.9 Å². The lowest BCUT2D eigenvalue weighted by molar-refractivity contribution is 0.0991. The van der Waals surface area contributed by atoms with E-state index in [1.165, 1.54) is 24.3 Å². The van der Waals surface area contributed by atoms with E-state index in [9.17, 15) is 14.0 Å². The Hall–Kier alpha value is -2.41. The zero-order chi connectivity index (χ0) is 15.7. The maximum absolute atomic E-state index is 12.9. The number of benzene rings is 1. The van der Waals surface area contributed by atoms with Crippen molar-refractivity contribution >= 4 is 32.9 Å². The fraction of sp³-hybridized carbons (Fsp3) is 0.0667. The molecule has 0 spiro atoms. The molecule has 0 saturated heterocycles. The molecule has 7 heteroatoms. The number of rotatable bonds is 3. The van der Waals surface area contributed by atoms with E-state index in [0.717, 1.165) is 0 Å². The van der Waals surface area contributed by atoms with Crippen LogP contribution in [0.3, 0.4) is 0 Å². The number of Topliss-reactive ketones (excluding diaryl/α,β-unsaturated/α-hetero) is 1. The van der Waals surface area contributed by atoms with Crippen LogP contribution in [0.4, 0.5) is 4.39 Å². The van der Waals surface area contributed by atoms with Gasteiger partial charge in [-0.15, -0.1) is 0 Å². The molecule has 0 saturated carbocycles. The average Bonchev–Trinajstić information content (AvgIpc) is 2.49. The second-order valence-electron chi connectivity index (χ2n) is 4.64. The van der Waals surface area contributed by atoms with Gasteiger partial charge in [-0.3, -0.25) is 9.59 Å². The molecule has 22 heavy (non-hydrogen) atoms. The summed E-state index contributed by atoms with van der Waals surface area (Å²) in [6.07, 6.45) is 1.38. The summed E-state index contributed by atoms with van der Waals surface area (Å²) in [6, 6.07) is 6.83. The maximum atomic E-state index is 12.9. The molecule has 2 heterocycles. The van der Waals surface area contributed by atoms with E-state index in [0.29, 0.717) is 21.2 Å². The Morgan fingerprint density at radius 2 is 2.00 bits per heavy atom. The summed E-state index contributed by atoms with van der Waals surface area (Å²) in [5, 5.41) is 0. The van der Waals surface area contributed by atoms with E-state index in [2.05, 4.69) is 30.9 Å². The number of fused-ring (bicyclic) bond motifs is 1. The Bertz CT molecular complexity index is 922. The quantitative estimate of drug-likeness (QED) is 0.727. The van der Waals surface area contributed by atoms with Gasteiger partial charge < -0.3 is 4.98 Å². The van der Waals surface area contributed by atoms with Gasteiger partial charge in [-0.2, -0.15) is 0 Å². The predicted molar refractivity (Wildman–Crippen MR) is 82.3 cm³/mol. The zero-order valence-electron chi connectivity index (χ0n) is 11.1. The third-order valence-electron chi connectivity index (χ3n) is 3.08. The molecule has 0 bridgehead atoms. The number of pyridine rings is 1. The number of H-pyrrole nitrogens is 1. The minimum Gasteiger partial charge on any atom is -0.318 e. The summed E-state index contributed by atoms with van der Waals surface area (Å²) in [4.78, 5) is 35.0. The first-order chi connectivity index (χ1) is 10.5. The van der Waals surface area contributed by atoms with Crippen molar-refractivity contribution in [3.63, 3.8) is 0 Å². The number of hydrogen-bond acceptors (Lipinski definition) is 4. The lowest BCUT2D eigenvalue weighted by Crippen LogP contribution is -2.19. The molecule has 1 N–H and O–H groups in total. The Balaban J connectivity index is 1.95. The number of ketones is 1. The summed E-state index contributed by atoms with van der Waals surface area (Å²) < 4.78 is 13.6. The molecule has 5 nitrogen and oxygen atoms in total. The Kier molecular flexibility index (Phi) is 3.81. The molecule has 2 aromatic heterocycles. The van der Waals surface area contributed by atoms with Gasteiger partial charge in [0, 0.05) is 16.2 Å². The highest BCUT2D eigenvalue weighted by Crippen LogP contribution is 2.13.